The van der Waals surface area contributed by atoms with Crippen LogP contribution in [0, 0.1) is 0 Å². The first-order valence-corrected chi connectivity index (χ1v) is 4.21. The molecule has 2 rings (SSSR count). The molecule has 0 amide bonds. The molecule has 1 aliphatic heterocycles. The fraction of sp³-hybridized carbons (Fsp3) is 0.625. The van der Waals surface area contributed by atoms with E-state index in [1.54, 1.807) is 0 Å². The van der Waals surface area contributed by atoms with Crippen LogP contribution in [0.3, 0.4) is 0 Å². The third-order valence-corrected chi connectivity index (χ3v) is 2.23. The average molecular weight is 168 g/mol. The summed E-state index contributed by atoms with van der Waals surface area (Å²) in [5.74, 6) is 0. The standard InChI is InChI=1S/C8H12N2O2/c1-2-10-7-3-4-12-5-6(7)8(11)9-10/h2-5H2,1H3,(H,9,11). The van der Waals surface area contributed by atoms with Crippen LogP contribution in [0.5, 0.6) is 0 Å². The van der Waals surface area contributed by atoms with Crippen LogP contribution in [0.25, 0.3) is 0 Å². The minimum absolute atomic E-state index is 0.00606. The van der Waals surface area contributed by atoms with E-state index >= 15 is 0 Å². The van der Waals surface area contributed by atoms with E-state index in [9.17, 15) is 4.79 Å². The summed E-state index contributed by atoms with van der Waals surface area (Å²) >= 11 is 0. The Bertz CT molecular complexity index is 337. The van der Waals surface area contributed by atoms with Gasteiger partial charge < -0.3 is 4.74 Å². The Morgan fingerprint density at radius 3 is 3.25 bits per heavy atom. The lowest BCUT2D eigenvalue weighted by atomic mass is 10.2. The maximum atomic E-state index is 11.3. The van der Waals surface area contributed by atoms with Crippen molar-refractivity contribution >= 4 is 0 Å². The highest BCUT2D eigenvalue weighted by molar-refractivity contribution is 5.18. The van der Waals surface area contributed by atoms with Crippen LogP contribution in [0.4, 0.5) is 0 Å². The SMILES string of the molecule is CCn1[nH]c(=O)c2c1CCOC2. The maximum absolute atomic E-state index is 11.3. The van der Waals surface area contributed by atoms with Crippen molar-refractivity contribution in [2.24, 2.45) is 0 Å². The summed E-state index contributed by atoms with van der Waals surface area (Å²) in [6.45, 7) is 4.04. The van der Waals surface area contributed by atoms with Gasteiger partial charge in [0, 0.05) is 18.7 Å². The van der Waals surface area contributed by atoms with Crippen molar-refractivity contribution < 1.29 is 4.74 Å². The summed E-state index contributed by atoms with van der Waals surface area (Å²) in [6, 6.07) is 0. The highest BCUT2D eigenvalue weighted by Gasteiger charge is 2.17. The summed E-state index contributed by atoms with van der Waals surface area (Å²) in [5.41, 5.74) is 1.93. The van der Waals surface area contributed by atoms with Gasteiger partial charge in [-0.1, -0.05) is 0 Å². The second-order valence-corrected chi connectivity index (χ2v) is 2.91. The van der Waals surface area contributed by atoms with Crippen LogP contribution in [0.15, 0.2) is 4.79 Å². The summed E-state index contributed by atoms with van der Waals surface area (Å²) in [4.78, 5) is 11.3. The van der Waals surface area contributed by atoms with Crippen molar-refractivity contribution in [2.75, 3.05) is 6.61 Å². The molecular formula is C8H12N2O2. The number of aromatic nitrogens is 2. The van der Waals surface area contributed by atoms with Gasteiger partial charge in [0.05, 0.1) is 18.8 Å². The lowest BCUT2D eigenvalue weighted by molar-refractivity contribution is 0.108. The van der Waals surface area contributed by atoms with Gasteiger partial charge in [-0.05, 0) is 6.92 Å². The molecule has 1 N–H and O–H groups in total. The predicted octanol–water partition coefficient (Wildman–Crippen LogP) is 0.269. The molecule has 0 bridgehead atoms. The number of hydrogen-bond acceptors (Lipinski definition) is 2. The Balaban J connectivity index is 2.54. The van der Waals surface area contributed by atoms with Gasteiger partial charge in [0.1, 0.15) is 0 Å². The molecule has 0 spiro atoms. The van der Waals surface area contributed by atoms with E-state index in [-0.39, 0.29) is 5.56 Å². The molecule has 0 saturated carbocycles. The van der Waals surface area contributed by atoms with Gasteiger partial charge in [0.15, 0.2) is 0 Å². The molecule has 66 valence electrons. The van der Waals surface area contributed by atoms with E-state index in [1.165, 1.54) is 0 Å². The monoisotopic (exact) mass is 168 g/mol. The minimum atomic E-state index is 0.00606. The van der Waals surface area contributed by atoms with Crippen LogP contribution in [-0.4, -0.2) is 16.4 Å². The van der Waals surface area contributed by atoms with Crippen LogP contribution in [-0.2, 0) is 24.3 Å². The fourth-order valence-corrected chi connectivity index (χ4v) is 1.60. The van der Waals surface area contributed by atoms with Gasteiger partial charge in [-0.25, -0.2) is 0 Å². The number of fused-ring (bicyclic) bond motifs is 1. The van der Waals surface area contributed by atoms with Crippen molar-refractivity contribution in [3.05, 3.63) is 21.6 Å². The number of hydrogen-bond donors (Lipinski definition) is 1. The quantitative estimate of drug-likeness (QED) is 0.654. The van der Waals surface area contributed by atoms with Crippen molar-refractivity contribution in [1.29, 1.82) is 0 Å². The Hall–Kier alpha value is -1.03. The average Bonchev–Trinajstić information content (AvgIpc) is 2.44. The lowest BCUT2D eigenvalue weighted by Crippen LogP contribution is -2.15. The van der Waals surface area contributed by atoms with E-state index in [1.807, 2.05) is 11.6 Å². The summed E-state index contributed by atoms with van der Waals surface area (Å²) in [6.07, 6.45) is 0.849. The van der Waals surface area contributed by atoms with E-state index in [2.05, 4.69) is 5.10 Å². The maximum Gasteiger partial charge on any atom is 0.269 e. The molecule has 0 unspecified atom stereocenters. The molecular weight excluding hydrogens is 156 g/mol. The molecule has 0 atom stereocenters. The zero-order chi connectivity index (χ0) is 8.55. The summed E-state index contributed by atoms with van der Waals surface area (Å²) in [5, 5.41) is 2.79. The van der Waals surface area contributed by atoms with Gasteiger partial charge in [-0.2, -0.15) is 0 Å². The number of ether oxygens (including phenoxy) is 1. The van der Waals surface area contributed by atoms with Crippen LogP contribution in [0.1, 0.15) is 18.2 Å². The van der Waals surface area contributed by atoms with E-state index in [0.29, 0.717) is 6.61 Å². The molecule has 1 aromatic rings. The van der Waals surface area contributed by atoms with Crippen LogP contribution < -0.4 is 5.56 Å². The van der Waals surface area contributed by atoms with E-state index in [4.69, 9.17) is 4.74 Å². The van der Waals surface area contributed by atoms with Gasteiger partial charge in [-0.3, -0.25) is 14.6 Å². The first-order valence-electron chi connectivity index (χ1n) is 4.21. The van der Waals surface area contributed by atoms with Gasteiger partial charge in [0.2, 0.25) is 0 Å². The summed E-state index contributed by atoms with van der Waals surface area (Å²) < 4.78 is 7.10. The number of H-pyrrole nitrogens is 1. The second-order valence-electron chi connectivity index (χ2n) is 2.91. The van der Waals surface area contributed by atoms with Crippen molar-refractivity contribution in [3.8, 4) is 0 Å². The zero-order valence-electron chi connectivity index (χ0n) is 7.09. The van der Waals surface area contributed by atoms with Gasteiger partial charge in [-0.15, -0.1) is 0 Å². The number of nitrogens with zero attached hydrogens (tertiary/aromatic N) is 1. The Morgan fingerprint density at radius 1 is 1.67 bits per heavy atom. The summed E-state index contributed by atoms with van der Waals surface area (Å²) in [7, 11) is 0. The topological polar surface area (TPSA) is 47.0 Å². The Labute approximate surface area is 70.1 Å². The van der Waals surface area contributed by atoms with Crippen molar-refractivity contribution in [3.63, 3.8) is 0 Å². The highest BCUT2D eigenvalue weighted by atomic mass is 16.5. The fourth-order valence-electron chi connectivity index (χ4n) is 1.60. The molecule has 0 radical (unpaired) electrons. The van der Waals surface area contributed by atoms with Crippen LogP contribution in [0.2, 0.25) is 0 Å². The normalized spacial score (nSPS) is 16.1. The molecule has 2 heterocycles. The van der Waals surface area contributed by atoms with Gasteiger partial charge >= 0.3 is 0 Å². The molecule has 0 aromatic carbocycles. The third kappa shape index (κ3) is 0.992. The van der Waals surface area contributed by atoms with E-state index in [0.717, 1.165) is 30.8 Å². The highest BCUT2D eigenvalue weighted by Crippen LogP contribution is 2.11. The van der Waals surface area contributed by atoms with Crippen LogP contribution >= 0.6 is 0 Å². The third-order valence-electron chi connectivity index (χ3n) is 2.23. The largest absolute Gasteiger partial charge is 0.376 e. The smallest absolute Gasteiger partial charge is 0.269 e. The van der Waals surface area contributed by atoms with E-state index < -0.39 is 0 Å². The van der Waals surface area contributed by atoms with Gasteiger partial charge in [0.25, 0.3) is 5.56 Å². The minimum Gasteiger partial charge on any atom is -0.376 e. The van der Waals surface area contributed by atoms with Crippen molar-refractivity contribution in [2.45, 2.75) is 26.5 Å². The molecule has 1 aromatic heterocycles. The number of nitrogens with one attached hydrogen (secondary N) is 1. The zero-order valence-corrected chi connectivity index (χ0v) is 7.09. The second kappa shape index (κ2) is 2.79. The molecule has 0 aliphatic carbocycles. The molecule has 0 fully saturated rings. The number of aromatic amines is 1. The lowest BCUT2D eigenvalue weighted by Gasteiger charge is -2.13. The first kappa shape index (κ1) is 7.61. The molecule has 4 nitrogen and oxygen atoms in total. The molecule has 0 saturated heterocycles. The molecule has 4 heteroatoms. The first-order chi connectivity index (χ1) is 5.83. The molecule has 1 aliphatic rings. The Kier molecular flexibility index (Phi) is 1.77. The molecule has 12 heavy (non-hydrogen) atoms. The number of aryl methyl sites for hydroxylation is 1. The predicted molar refractivity (Wildman–Crippen MR) is 44.1 cm³/mol. The number of rotatable bonds is 1. The Morgan fingerprint density at radius 2 is 2.50 bits per heavy atom. The van der Waals surface area contributed by atoms with Crippen molar-refractivity contribution in [1.82, 2.24) is 9.78 Å².